The highest BCUT2D eigenvalue weighted by atomic mass is 16.5. The van der Waals surface area contributed by atoms with Crippen molar-refractivity contribution in [3.8, 4) is 0 Å². The number of hydrogen-bond acceptors (Lipinski definition) is 4. The minimum atomic E-state index is -0.956. The first-order valence-corrected chi connectivity index (χ1v) is 7.48. The molecule has 23 heavy (non-hydrogen) atoms. The molecule has 0 spiro atoms. The fraction of sp³-hybridized carbons (Fsp3) is 0.353. The molecule has 1 amide bonds. The van der Waals surface area contributed by atoms with Gasteiger partial charge in [0.1, 0.15) is 0 Å². The van der Waals surface area contributed by atoms with Crippen molar-refractivity contribution >= 4 is 22.8 Å². The van der Waals surface area contributed by atoms with Crippen molar-refractivity contribution in [1.82, 2.24) is 10.3 Å². The summed E-state index contributed by atoms with van der Waals surface area (Å²) in [6, 6.07) is 9.20. The zero-order valence-corrected chi connectivity index (χ0v) is 12.8. The lowest BCUT2D eigenvalue weighted by molar-refractivity contribution is -0.138. The molecule has 0 bridgehead atoms. The van der Waals surface area contributed by atoms with Gasteiger partial charge < -0.3 is 15.2 Å². The van der Waals surface area contributed by atoms with Crippen molar-refractivity contribution in [1.29, 1.82) is 0 Å². The monoisotopic (exact) mass is 314 g/mol. The van der Waals surface area contributed by atoms with Crippen LogP contribution in [0.5, 0.6) is 0 Å². The lowest BCUT2D eigenvalue weighted by atomic mass is 9.93. The number of para-hydroxylation sites is 1. The Morgan fingerprint density at radius 2 is 2.17 bits per heavy atom. The Balaban J connectivity index is 1.94. The number of aryl methyl sites for hydroxylation is 1. The second kappa shape index (κ2) is 5.96. The second-order valence-corrected chi connectivity index (χ2v) is 5.94. The van der Waals surface area contributed by atoms with Gasteiger partial charge in [0, 0.05) is 17.7 Å². The van der Waals surface area contributed by atoms with Gasteiger partial charge in [-0.25, -0.2) is 0 Å². The average Bonchev–Trinajstić information content (AvgIpc) is 2.93. The Bertz CT molecular complexity index is 766. The molecule has 1 aliphatic heterocycles. The number of fused-ring (bicyclic) bond motifs is 1. The molecule has 0 saturated carbocycles. The topological polar surface area (TPSA) is 88.5 Å². The Hall–Kier alpha value is -2.47. The number of carbonyl (C=O) groups excluding carboxylic acids is 1. The van der Waals surface area contributed by atoms with Gasteiger partial charge in [0.05, 0.1) is 29.6 Å². The van der Waals surface area contributed by atoms with Gasteiger partial charge in [0.15, 0.2) is 0 Å². The maximum absolute atomic E-state index is 12.7. The molecule has 2 heterocycles. The summed E-state index contributed by atoms with van der Waals surface area (Å²) in [4.78, 5) is 28.3. The quantitative estimate of drug-likeness (QED) is 0.900. The van der Waals surface area contributed by atoms with Crippen molar-refractivity contribution in [2.75, 3.05) is 13.2 Å². The van der Waals surface area contributed by atoms with E-state index in [0.717, 1.165) is 11.1 Å². The SMILES string of the molecule is Cc1ccc2cccc(C(=O)NC3(CC(=O)O)CCOC3)c2n1. The Morgan fingerprint density at radius 3 is 2.87 bits per heavy atom. The second-order valence-electron chi connectivity index (χ2n) is 5.94. The lowest BCUT2D eigenvalue weighted by Gasteiger charge is -2.27. The molecule has 1 fully saturated rings. The van der Waals surface area contributed by atoms with Crippen LogP contribution in [0, 0.1) is 6.92 Å². The predicted molar refractivity (Wildman–Crippen MR) is 84.4 cm³/mol. The number of carbonyl (C=O) groups is 2. The molecule has 120 valence electrons. The van der Waals surface area contributed by atoms with E-state index < -0.39 is 11.5 Å². The van der Waals surface area contributed by atoms with Gasteiger partial charge in [0.2, 0.25) is 0 Å². The molecule has 2 N–H and O–H groups in total. The van der Waals surface area contributed by atoms with E-state index in [1.807, 2.05) is 25.1 Å². The number of benzene rings is 1. The van der Waals surface area contributed by atoms with Crippen molar-refractivity contribution in [2.45, 2.75) is 25.3 Å². The number of carboxylic acids is 1. The summed E-state index contributed by atoms with van der Waals surface area (Å²) in [7, 11) is 0. The van der Waals surface area contributed by atoms with Crippen LogP contribution in [0.2, 0.25) is 0 Å². The lowest BCUT2D eigenvalue weighted by Crippen LogP contribution is -2.50. The molecule has 1 aliphatic rings. The smallest absolute Gasteiger partial charge is 0.305 e. The molecular formula is C17H18N2O4. The van der Waals surface area contributed by atoms with Crippen LogP contribution >= 0.6 is 0 Å². The van der Waals surface area contributed by atoms with Crippen LogP contribution in [0.4, 0.5) is 0 Å². The zero-order chi connectivity index (χ0) is 16.4. The molecule has 6 nitrogen and oxygen atoms in total. The van der Waals surface area contributed by atoms with Crippen LogP contribution in [0.3, 0.4) is 0 Å². The summed E-state index contributed by atoms with van der Waals surface area (Å²) < 4.78 is 5.31. The molecular weight excluding hydrogens is 296 g/mol. The van der Waals surface area contributed by atoms with E-state index in [2.05, 4.69) is 10.3 Å². The van der Waals surface area contributed by atoms with Crippen LogP contribution < -0.4 is 5.32 Å². The number of nitrogens with one attached hydrogen (secondary N) is 1. The third kappa shape index (κ3) is 3.17. The first kappa shape index (κ1) is 15.4. The van der Waals surface area contributed by atoms with Gasteiger partial charge in [0.25, 0.3) is 5.91 Å². The summed E-state index contributed by atoms with van der Waals surface area (Å²) in [5, 5.41) is 12.9. The standard InChI is InChI=1S/C17H18N2O4/c1-11-5-6-12-3-2-4-13(15(12)18-11)16(22)19-17(9-14(20)21)7-8-23-10-17/h2-6H,7-10H2,1H3,(H,19,22)(H,20,21). The van der Waals surface area contributed by atoms with Gasteiger partial charge in [-0.05, 0) is 25.5 Å². The minimum absolute atomic E-state index is 0.157. The van der Waals surface area contributed by atoms with Crippen molar-refractivity contribution < 1.29 is 19.4 Å². The highest BCUT2D eigenvalue weighted by Gasteiger charge is 2.39. The fourth-order valence-corrected chi connectivity index (χ4v) is 2.91. The van der Waals surface area contributed by atoms with Gasteiger partial charge >= 0.3 is 5.97 Å². The number of pyridine rings is 1. The third-order valence-corrected chi connectivity index (χ3v) is 4.08. The highest BCUT2D eigenvalue weighted by Crippen LogP contribution is 2.24. The van der Waals surface area contributed by atoms with Crippen LogP contribution in [0.15, 0.2) is 30.3 Å². The van der Waals surface area contributed by atoms with Crippen molar-refractivity contribution in [3.05, 3.63) is 41.6 Å². The first-order chi connectivity index (χ1) is 11.0. The first-order valence-electron chi connectivity index (χ1n) is 7.48. The van der Waals surface area contributed by atoms with E-state index in [4.69, 9.17) is 9.84 Å². The number of aromatic nitrogens is 1. The number of rotatable bonds is 4. The predicted octanol–water partition coefficient (Wildman–Crippen LogP) is 1.91. The zero-order valence-electron chi connectivity index (χ0n) is 12.8. The average molecular weight is 314 g/mol. The minimum Gasteiger partial charge on any atom is -0.481 e. The van der Waals surface area contributed by atoms with Gasteiger partial charge in [-0.1, -0.05) is 18.2 Å². The van der Waals surface area contributed by atoms with Crippen molar-refractivity contribution in [2.24, 2.45) is 0 Å². The van der Waals surface area contributed by atoms with E-state index >= 15 is 0 Å². The highest BCUT2D eigenvalue weighted by molar-refractivity contribution is 6.05. The Labute approximate surface area is 133 Å². The molecule has 1 aromatic heterocycles. The largest absolute Gasteiger partial charge is 0.481 e. The van der Waals surface area contributed by atoms with Crippen LogP contribution in [-0.4, -0.2) is 40.7 Å². The molecule has 1 aromatic carbocycles. The van der Waals surface area contributed by atoms with Crippen molar-refractivity contribution in [3.63, 3.8) is 0 Å². The molecule has 1 unspecified atom stereocenters. The van der Waals surface area contributed by atoms with E-state index in [9.17, 15) is 9.59 Å². The number of hydrogen-bond donors (Lipinski definition) is 2. The maximum Gasteiger partial charge on any atom is 0.305 e. The molecule has 1 saturated heterocycles. The molecule has 3 rings (SSSR count). The molecule has 2 aromatic rings. The number of aliphatic carboxylic acids is 1. The van der Waals surface area contributed by atoms with Crippen LogP contribution in [0.25, 0.3) is 10.9 Å². The molecule has 0 aliphatic carbocycles. The maximum atomic E-state index is 12.7. The van der Waals surface area contributed by atoms with Gasteiger partial charge in [-0.3, -0.25) is 14.6 Å². The number of carboxylic acid groups (broad SMARTS) is 1. The molecule has 0 radical (unpaired) electrons. The van der Waals surface area contributed by atoms with E-state index in [-0.39, 0.29) is 18.9 Å². The third-order valence-electron chi connectivity index (χ3n) is 4.08. The fourth-order valence-electron chi connectivity index (χ4n) is 2.91. The number of nitrogens with zero attached hydrogens (tertiary/aromatic N) is 1. The van der Waals surface area contributed by atoms with E-state index in [1.54, 1.807) is 12.1 Å². The number of amides is 1. The van der Waals surface area contributed by atoms with E-state index in [1.165, 1.54) is 0 Å². The normalized spacial score (nSPS) is 20.6. The summed E-state index contributed by atoms with van der Waals surface area (Å²) in [5.41, 5.74) is 1.04. The summed E-state index contributed by atoms with van der Waals surface area (Å²) in [5.74, 6) is -1.27. The van der Waals surface area contributed by atoms with Crippen LogP contribution in [-0.2, 0) is 9.53 Å². The number of ether oxygens (including phenoxy) is 1. The summed E-state index contributed by atoms with van der Waals surface area (Å²) >= 11 is 0. The van der Waals surface area contributed by atoms with Gasteiger partial charge in [-0.15, -0.1) is 0 Å². The molecule has 6 heteroatoms. The van der Waals surface area contributed by atoms with E-state index in [0.29, 0.717) is 24.1 Å². The summed E-state index contributed by atoms with van der Waals surface area (Å²) in [6.07, 6.45) is 0.332. The van der Waals surface area contributed by atoms with Crippen LogP contribution in [0.1, 0.15) is 28.9 Å². The molecule has 1 atom stereocenters. The summed E-state index contributed by atoms with van der Waals surface area (Å²) in [6.45, 7) is 2.52. The van der Waals surface area contributed by atoms with Gasteiger partial charge in [-0.2, -0.15) is 0 Å². The Morgan fingerprint density at radius 1 is 1.35 bits per heavy atom. The Kier molecular flexibility index (Phi) is 4.00.